The number of furan rings is 1. The molecule has 1 aromatic heterocycles. The summed E-state index contributed by atoms with van der Waals surface area (Å²) in [5.74, 6) is 0.199. The van der Waals surface area contributed by atoms with Gasteiger partial charge in [0.1, 0.15) is 0 Å². The first-order valence-electron chi connectivity index (χ1n) is 6.42. The minimum atomic E-state index is -0.159. The van der Waals surface area contributed by atoms with E-state index in [-0.39, 0.29) is 18.3 Å². The number of hydrogen-bond donors (Lipinski definition) is 2. The molecule has 1 amide bonds. The van der Waals surface area contributed by atoms with Gasteiger partial charge in [-0.3, -0.25) is 4.79 Å². The van der Waals surface area contributed by atoms with Crippen molar-refractivity contribution in [1.82, 2.24) is 10.6 Å². The third-order valence-electron chi connectivity index (χ3n) is 2.73. The van der Waals surface area contributed by atoms with Crippen molar-refractivity contribution in [2.24, 2.45) is 0 Å². The fourth-order valence-electron chi connectivity index (χ4n) is 1.74. The molecule has 2 rings (SSSR count). The second-order valence-corrected chi connectivity index (χ2v) is 4.25. The van der Waals surface area contributed by atoms with Crippen LogP contribution in [0, 0.1) is 0 Å². The van der Waals surface area contributed by atoms with Crippen LogP contribution in [0.3, 0.4) is 0 Å². The number of hydrogen-bond acceptors (Lipinski definition) is 3. The third kappa shape index (κ3) is 5.47. The van der Waals surface area contributed by atoms with Gasteiger partial charge in [0, 0.05) is 13.1 Å². The highest BCUT2D eigenvalue weighted by molar-refractivity contribution is 5.91. The van der Waals surface area contributed by atoms with Gasteiger partial charge in [0.15, 0.2) is 5.76 Å². The zero-order chi connectivity index (χ0) is 13.3. The fraction of sp³-hybridized carbons (Fsp3) is 0.267. The van der Waals surface area contributed by atoms with Crippen molar-refractivity contribution < 1.29 is 9.21 Å². The topological polar surface area (TPSA) is 54.3 Å². The monoisotopic (exact) mass is 294 g/mol. The largest absolute Gasteiger partial charge is 0.459 e. The predicted octanol–water partition coefficient (Wildman–Crippen LogP) is 2.61. The SMILES string of the molecule is Cl.O=C(NCCCNCc1ccccc1)c1ccco1. The van der Waals surface area contributed by atoms with Crippen LogP contribution in [0.25, 0.3) is 0 Å². The Balaban J connectivity index is 0.00000200. The zero-order valence-electron chi connectivity index (χ0n) is 11.2. The highest BCUT2D eigenvalue weighted by Crippen LogP contribution is 1.99. The number of benzene rings is 1. The standard InChI is InChI=1S/C15H18N2O2.ClH/c18-15(14-8-4-11-19-14)17-10-5-9-16-12-13-6-2-1-3-7-13;/h1-4,6-8,11,16H,5,9-10,12H2,(H,17,18);1H. The highest BCUT2D eigenvalue weighted by atomic mass is 35.5. The van der Waals surface area contributed by atoms with Gasteiger partial charge in [-0.15, -0.1) is 12.4 Å². The number of carbonyl (C=O) groups excluding carboxylic acids is 1. The Kier molecular flexibility index (Phi) is 7.47. The average molecular weight is 295 g/mol. The van der Waals surface area contributed by atoms with Gasteiger partial charge < -0.3 is 15.1 Å². The minimum absolute atomic E-state index is 0. The van der Waals surface area contributed by atoms with Gasteiger partial charge in [0.2, 0.25) is 0 Å². The van der Waals surface area contributed by atoms with Crippen LogP contribution in [-0.2, 0) is 6.54 Å². The summed E-state index contributed by atoms with van der Waals surface area (Å²) < 4.78 is 5.00. The van der Waals surface area contributed by atoms with Gasteiger partial charge >= 0.3 is 0 Å². The molecule has 0 atom stereocenters. The lowest BCUT2D eigenvalue weighted by molar-refractivity contribution is 0.0925. The lowest BCUT2D eigenvalue weighted by atomic mass is 10.2. The maximum absolute atomic E-state index is 11.5. The zero-order valence-corrected chi connectivity index (χ0v) is 12.0. The molecule has 4 nitrogen and oxygen atoms in total. The van der Waals surface area contributed by atoms with Gasteiger partial charge in [0.05, 0.1) is 6.26 Å². The molecule has 20 heavy (non-hydrogen) atoms. The molecular formula is C15H19ClN2O2. The van der Waals surface area contributed by atoms with Crippen molar-refractivity contribution in [2.75, 3.05) is 13.1 Å². The van der Waals surface area contributed by atoms with Crippen LogP contribution >= 0.6 is 12.4 Å². The van der Waals surface area contributed by atoms with Crippen molar-refractivity contribution >= 4 is 18.3 Å². The summed E-state index contributed by atoms with van der Waals surface area (Å²) >= 11 is 0. The third-order valence-corrected chi connectivity index (χ3v) is 2.73. The molecular weight excluding hydrogens is 276 g/mol. The molecule has 0 saturated carbocycles. The molecule has 2 N–H and O–H groups in total. The second kappa shape index (κ2) is 9.18. The molecule has 0 unspecified atom stereocenters. The van der Waals surface area contributed by atoms with E-state index >= 15 is 0 Å². The fourth-order valence-corrected chi connectivity index (χ4v) is 1.74. The van der Waals surface area contributed by atoms with Crippen molar-refractivity contribution in [3.8, 4) is 0 Å². The Morgan fingerprint density at radius 3 is 2.55 bits per heavy atom. The molecule has 0 aliphatic heterocycles. The number of nitrogens with one attached hydrogen (secondary N) is 2. The van der Waals surface area contributed by atoms with E-state index in [1.54, 1.807) is 12.1 Å². The molecule has 0 spiro atoms. The van der Waals surface area contributed by atoms with Crippen LogP contribution in [0.15, 0.2) is 53.1 Å². The Morgan fingerprint density at radius 2 is 1.85 bits per heavy atom. The molecule has 1 heterocycles. The van der Waals surface area contributed by atoms with Crippen LogP contribution in [-0.4, -0.2) is 19.0 Å². The van der Waals surface area contributed by atoms with Crippen molar-refractivity contribution in [1.29, 1.82) is 0 Å². The van der Waals surface area contributed by atoms with Gasteiger partial charge in [-0.2, -0.15) is 0 Å². The molecule has 0 aliphatic carbocycles. The van der Waals surface area contributed by atoms with Crippen LogP contribution in [0.4, 0.5) is 0 Å². The van der Waals surface area contributed by atoms with E-state index in [4.69, 9.17) is 4.42 Å². The molecule has 0 saturated heterocycles. The first kappa shape index (κ1) is 16.3. The van der Waals surface area contributed by atoms with Gasteiger partial charge in [-0.25, -0.2) is 0 Å². The first-order chi connectivity index (χ1) is 9.36. The first-order valence-corrected chi connectivity index (χ1v) is 6.42. The van der Waals surface area contributed by atoms with Gasteiger partial charge in [-0.1, -0.05) is 30.3 Å². The Morgan fingerprint density at radius 1 is 1.05 bits per heavy atom. The Bertz CT molecular complexity index is 486. The summed E-state index contributed by atoms with van der Waals surface area (Å²) in [6.07, 6.45) is 2.38. The average Bonchev–Trinajstić information content (AvgIpc) is 2.98. The Labute approximate surface area is 125 Å². The summed E-state index contributed by atoms with van der Waals surface area (Å²) in [6, 6.07) is 13.6. The molecule has 0 aliphatic rings. The number of amides is 1. The highest BCUT2D eigenvalue weighted by Gasteiger charge is 2.06. The van der Waals surface area contributed by atoms with E-state index in [9.17, 15) is 4.79 Å². The summed E-state index contributed by atoms with van der Waals surface area (Å²) in [7, 11) is 0. The van der Waals surface area contributed by atoms with Crippen LogP contribution in [0.5, 0.6) is 0 Å². The molecule has 0 fully saturated rings. The number of carbonyl (C=O) groups is 1. The number of halogens is 1. The summed E-state index contributed by atoms with van der Waals surface area (Å²) in [6.45, 7) is 2.36. The summed E-state index contributed by atoms with van der Waals surface area (Å²) in [4.78, 5) is 11.5. The molecule has 2 aromatic rings. The van der Waals surface area contributed by atoms with E-state index in [0.29, 0.717) is 12.3 Å². The van der Waals surface area contributed by atoms with Crippen LogP contribution < -0.4 is 10.6 Å². The molecule has 5 heteroatoms. The van der Waals surface area contributed by atoms with E-state index < -0.39 is 0 Å². The van der Waals surface area contributed by atoms with E-state index in [2.05, 4.69) is 22.8 Å². The molecule has 0 radical (unpaired) electrons. The van der Waals surface area contributed by atoms with Gasteiger partial charge in [0.25, 0.3) is 5.91 Å². The molecule has 0 bridgehead atoms. The maximum Gasteiger partial charge on any atom is 0.286 e. The molecule has 1 aromatic carbocycles. The van der Waals surface area contributed by atoms with Crippen LogP contribution in [0.2, 0.25) is 0 Å². The quantitative estimate of drug-likeness (QED) is 0.772. The lowest BCUT2D eigenvalue weighted by Gasteiger charge is -2.05. The summed E-state index contributed by atoms with van der Waals surface area (Å²) in [5.41, 5.74) is 1.27. The van der Waals surface area contributed by atoms with Crippen molar-refractivity contribution in [3.63, 3.8) is 0 Å². The molecule has 108 valence electrons. The van der Waals surface area contributed by atoms with Crippen molar-refractivity contribution in [3.05, 3.63) is 60.1 Å². The van der Waals surface area contributed by atoms with E-state index in [1.165, 1.54) is 11.8 Å². The second-order valence-electron chi connectivity index (χ2n) is 4.25. The minimum Gasteiger partial charge on any atom is -0.459 e. The summed E-state index contributed by atoms with van der Waals surface area (Å²) in [5, 5.41) is 6.15. The van der Waals surface area contributed by atoms with Crippen molar-refractivity contribution in [2.45, 2.75) is 13.0 Å². The Hall–Kier alpha value is -1.78. The van der Waals surface area contributed by atoms with Gasteiger partial charge in [-0.05, 0) is 30.7 Å². The number of rotatable bonds is 7. The van der Waals surface area contributed by atoms with E-state index in [0.717, 1.165) is 19.5 Å². The van der Waals surface area contributed by atoms with Crippen LogP contribution in [0.1, 0.15) is 22.5 Å². The normalized spacial score (nSPS) is 9.80. The maximum atomic E-state index is 11.5. The predicted molar refractivity (Wildman–Crippen MR) is 81.1 cm³/mol. The lowest BCUT2D eigenvalue weighted by Crippen LogP contribution is -2.26. The smallest absolute Gasteiger partial charge is 0.286 e. The van der Waals surface area contributed by atoms with E-state index in [1.807, 2.05) is 18.2 Å².